The molecule has 10 heteroatoms. The Morgan fingerprint density at radius 1 is 1.00 bits per heavy atom. The monoisotopic (exact) mass is 570 g/mol. The quantitative estimate of drug-likeness (QED) is 0.524. The Hall–Kier alpha value is -3.28. The number of halogens is 2. The fourth-order valence-electron chi connectivity index (χ4n) is 5.66. The molecule has 2 aromatic rings. The molecule has 0 aromatic heterocycles. The minimum absolute atomic E-state index is 0.0350. The van der Waals surface area contributed by atoms with E-state index in [1.54, 1.807) is 48.0 Å². The minimum atomic E-state index is -0.222. The summed E-state index contributed by atoms with van der Waals surface area (Å²) in [5.74, 6) is -0.0172. The summed E-state index contributed by atoms with van der Waals surface area (Å²) < 4.78 is 5.22. The van der Waals surface area contributed by atoms with E-state index in [4.69, 9.17) is 27.9 Å². The van der Waals surface area contributed by atoms with Gasteiger partial charge in [0.1, 0.15) is 11.8 Å². The van der Waals surface area contributed by atoms with Crippen LogP contribution >= 0.6 is 23.2 Å². The molecule has 2 aliphatic heterocycles. The predicted molar refractivity (Wildman–Crippen MR) is 149 cm³/mol. The van der Waals surface area contributed by atoms with Crippen LogP contribution in [-0.2, 0) is 9.59 Å². The van der Waals surface area contributed by atoms with Gasteiger partial charge in [-0.1, -0.05) is 29.3 Å². The van der Waals surface area contributed by atoms with Gasteiger partial charge in [0.2, 0.25) is 11.8 Å². The normalized spacial score (nSPS) is 19.8. The topological polar surface area (TPSA) is 93.9 Å². The van der Waals surface area contributed by atoms with Crippen LogP contribution in [0.4, 0.5) is 0 Å². The highest BCUT2D eigenvalue weighted by atomic mass is 35.5. The van der Waals surface area contributed by atoms with E-state index in [-0.39, 0.29) is 41.2 Å². The number of hydrogen-bond donors (Lipinski definition) is 0. The Labute approximate surface area is 239 Å². The van der Waals surface area contributed by atoms with Crippen LogP contribution in [0, 0.1) is 17.2 Å². The Morgan fingerprint density at radius 2 is 1.69 bits per heavy atom. The first-order valence-electron chi connectivity index (χ1n) is 13.0. The van der Waals surface area contributed by atoms with Gasteiger partial charge in [0.05, 0.1) is 22.7 Å². The molecule has 0 aliphatic carbocycles. The number of nitrogens with zero attached hydrogens (tertiary/aromatic N) is 4. The molecule has 2 saturated heterocycles. The highest BCUT2D eigenvalue weighted by Gasteiger charge is 2.39. The number of hydrogen-bond acceptors (Lipinski definition) is 5. The number of rotatable bonds is 5. The van der Waals surface area contributed by atoms with Crippen LogP contribution in [0.3, 0.4) is 0 Å². The van der Waals surface area contributed by atoms with Gasteiger partial charge in [-0.3, -0.25) is 14.4 Å². The molecule has 0 bridgehead atoms. The summed E-state index contributed by atoms with van der Waals surface area (Å²) in [6.07, 6.45) is 1.87. The first-order chi connectivity index (χ1) is 18.6. The summed E-state index contributed by atoms with van der Waals surface area (Å²) in [4.78, 5) is 44.2. The van der Waals surface area contributed by atoms with Crippen LogP contribution in [0.15, 0.2) is 36.4 Å². The lowest BCUT2D eigenvalue weighted by Crippen LogP contribution is -2.53. The van der Waals surface area contributed by atoms with E-state index < -0.39 is 0 Å². The highest BCUT2D eigenvalue weighted by molar-refractivity contribution is 6.42. The number of nitriles is 1. The van der Waals surface area contributed by atoms with Gasteiger partial charge < -0.3 is 19.4 Å². The molecule has 39 heavy (non-hydrogen) atoms. The zero-order valence-electron chi connectivity index (χ0n) is 22.3. The number of benzene rings is 2. The lowest BCUT2D eigenvalue weighted by molar-refractivity contribution is -0.141. The van der Waals surface area contributed by atoms with E-state index in [0.717, 1.165) is 5.56 Å². The maximum Gasteiger partial charge on any atom is 0.253 e. The van der Waals surface area contributed by atoms with Gasteiger partial charge in [-0.2, -0.15) is 5.26 Å². The lowest BCUT2D eigenvalue weighted by atomic mass is 9.83. The third-order valence-electron chi connectivity index (χ3n) is 7.93. The van der Waals surface area contributed by atoms with Gasteiger partial charge in [0.25, 0.3) is 5.91 Å². The number of piperidine rings is 2. The van der Waals surface area contributed by atoms with E-state index in [0.29, 0.717) is 66.8 Å². The van der Waals surface area contributed by atoms with Crippen molar-refractivity contribution in [1.29, 1.82) is 5.26 Å². The molecule has 0 spiro atoms. The van der Waals surface area contributed by atoms with E-state index in [1.807, 2.05) is 11.0 Å². The zero-order chi connectivity index (χ0) is 28.3. The lowest BCUT2D eigenvalue weighted by Gasteiger charge is -2.44. The van der Waals surface area contributed by atoms with E-state index in [2.05, 4.69) is 6.07 Å². The molecule has 3 amide bonds. The van der Waals surface area contributed by atoms with E-state index in [9.17, 15) is 19.6 Å². The molecule has 4 rings (SSSR count). The van der Waals surface area contributed by atoms with Crippen molar-refractivity contribution >= 4 is 40.9 Å². The third kappa shape index (κ3) is 6.15. The zero-order valence-corrected chi connectivity index (χ0v) is 23.8. The second-order valence-corrected chi connectivity index (χ2v) is 11.0. The van der Waals surface area contributed by atoms with Crippen molar-refractivity contribution in [3.05, 3.63) is 63.1 Å². The molecule has 0 N–H and O–H groups in total. The Kier molecular flexibility index (Phi) is 9.04. The SMILES string of the molecule is COc1ccc(C(=O)N(C)[C@@H]2CCN(C(=O)C3CCN(C(C)=O)CC3)C[C@H]2c2ccc(Cl)c(Cl)c2)cc1C#N. The molecule has 2 aromatic carbocycles. The summed E-state index contributed by atoms with van der Waals surface area (Å²) in [7, 11) is 3.23. The van der Waals surface area contributed by atoms with Gasteiger partial charge in [-0.25, -0.2) is 0 Å². The number of methoxy groups -OCH3 is 1. The number of likely N-dealkylation sites (N-methyl/N-ethyl adjacent to an activating group) is 1. The van der Waals surface area contributed by atoms with E-state index >= 15 is 0 Å². The Balaban J connectivity index is 1.58. The summed E-state index contributed by atoms with van der Waals surface area (Å²) in [5.41, 5.74) is 1.57. The number of carbonyl (C=O) groups is 3. The molecule has 2 aliphatic rings. The van der Waals surface area contributed by atoms with Crippen LogP contribution < -0.4 is 4.74 Å². The van der Waals surface area contributed by atoms with Crippen molar-refractivity contribution in [3.8, 4) is 11.8 Å². The van der Waals surface area contributed by atoms with Crippen molar-refractivity contribution in [1.82, 2.24) is 14.7 Å². The van der Waals surface area contributed by atoms with Gasteiger partial charge in [0.15, 0.2) is 0 Å². The minimum Gasteiger partial charge on any atom is -0.495 e. The van der Waals surface area contributed by atoms with E-state index in [1.165, 1.54) is 13.2 Å². The Bertz CT molecular complexity index is 1300. The van der Waals surface area contributed by atoms with Gasteiger partial charge >= 0.3 is 0 Å². The van der Waals surface area contributed by atoms with Crippen molar-refractivity contribution in [2.45, 2.75) is 38.1 Å². The molecule has 0 saturated carbocycles. The molecule has 2 atom stereocenters. The van der Waals surface area contributed by atoms with Crippen LogP contribution in [0.2, 0.25) is 10.0 Å². The number of carbonyl (C=O) groups excluding carboxylic acids is 3. The first-order valence-corrected chi connectivity index (χ1v) is 13.7. The third-order valence-corrected chi connectivity index (χ3v) is 8.67. The predicted octanol–water partition coefficient (Wildman–Crippen LogP) is 4.59. The summed E-state index contributed by atoms with van der Waals surface area (Å²) in [5, 5.41) is 10.3. The molecule has 2 heterocycles. The fourth-order valence-corrected chi connectivity index (χ4v) is 5.96. The summed E-state index contributed by atoms with van der Waals surface area (Å²) in [6.45, 7) is 3.67. The molecule has 8 nitrogen and oxygen atoms in total. The second kappa shape index (κ2) is 12.3. The summed E-state index contributed by atoms with van der Waals surface area (Å²) in [6, 6.07) is 12.1. The highest BCUT2D eigenvalue weighted by Crippen LogP contribution is 2.36. The maximum absolute atomic E-state index is 13.6. The summed E-state index contributed by atoms with van der Waals surface area (Å²) >= 11 is 12.6. The van der Waals surface area contributed by atoms with Crippen molar-refractivity contribution < 1.29 is 19.1 Å². The number of likely N-dealkylation sites (tertiary alicyclic amines) is 2. The fraction of sp³-hybridized carbons (Fsp3) is 0.448. The molecule has 0 unspecified atom stereocenters. The average molecular weight is 572 g/mol. The molecule has 206 valence electrons. The standard InChI is InChI=1S/C29H32Cl2N4O4/c1-18(36)34-11-8-19(9-12-34)29(38)35-13-10-26(23(17-35)20-4-6-24(30)25(31)15-20)33(2)28(37)21-5-7-27(39-3)22(14-21)16-32/h4-7,14-15,19,23,26H,8-13,17H2,1-3H3/t23-,26+/m0/s1. The number of amides is 3. The van der Waals surface area contributed by atoms with Crippen molar-refractivity contribution in [2.24, 2.45) is 5.92 Å². The van der Waals surface area contributed by atoms with Crippen LogP contribution in [0.1, 0.15) is 53.6 Å². The smallest absolute Gasteiger partial charge is 0.253 e. The number of ether oxygens (including phenoxy) is 1. The van der Waals surface area contributed by atoms with Crippen molar-refractivity contribution in [3.63, 3.8) is 0 Å². The molecule has 0 radical (unpaired) electrons. The van der Waals surface area contributed by atoms with Gasteiger partial charge in [-0.05, 0) is 55.2 Å². The molecular weight excluding hydrogens is 539 g/mol. The van der Waals surface area contributed by atoms with Crippen LogP contribution in [0.5, 0.6) is 5.75 Å². The first kappa shape index (κ1) is 28.7. The molecule has 2 fully saturated rings. The Morgan fingerprint density at radius 3 is 2.31 bits per heavy atom. The average Bonchev–Trinajstić information content (AvgIpc) is 2.96. The second-order valence-electron chi connectivity index (χ2n) is 10.1. The van der Waals surface area contributed by atoms with Gasteiger partial charge in [-0.15, -0.1) is 0 Å². The van der Waals surface area contributed by atoms with Crippen molar-refractivity contribution in [2.75, 3.05) is 40.3 Å². The van der Waals surface area contributed by atoms with Gasteiger partial charge in [0, 0.05) is 63.6 Å². The van der Waals surface area contributed by atoms with Crippen LogP contribution in [-0.4, -0.2) is 78.8 Å². The molecular formula is C29H32Cl2N4O4. The largest absolute Gasteiger partial charge is 0.495 e. The maximum atomic E-state index is 13.6. The van der Waals surface area contributed by atoms with Crippen LogP contribution in [0.25, 0.3) is 0 Å².